The Morgan fingerprint density at radius 1 is 1.25 bits per heavy atom. The molecule has 2 atom stereocenters. The van der Waals surface area contributed by atoms with Crippen LogP contribution in [0, 0.1) is 0 Å². The number of nitrogens with one attached hydrogen (secondary N) is 1. The Labute approximate surface area is 120 Å². The largest absolute Gasteiger partial charge is 0.381 e. The van der Waals surface area contributed by atoms with Gasteiger partial charge in [0.15, 0.2) is 5.82 Å². The van der Waals surface area contributed by atoms with Crippen LogP contribution in [0.4, 0.5) is 0 Å². The fourth-order valence-corrected chi connectivity index (χ4v) is 3.63. The van der Waals surface area contributed by atoms with Gasteiger partial charge >= 0.3 is 0 Å². The van der Waals surface area contributed by atoms with Gasteiger partial charge in [0.2, 0.25) is 4.96 Å². The van der Waals surface area contributed by atoms with Crippen LogP contribution in [-0.2, 0) is 15.9 Å². The zero-order chi connectivity index (χ0) is 13.4. The zero-order valence-electron chi connectivity index (χ0n) is 11.1. The van der Waals surface area contributed by atoms with Crippen molar-refractivity contribution >= 4 is 16.3 Å². The smallest absolute Gasteiger partial charge is 0.234 e. The highest BCUT2D eigenvalue weighted by molar-refractivity contribution is 7.16. The van der Waals surface area contributed by atoms with E-state index < -0.39 is 0 Å². The van der Waals surface area contributed by atoms with Gasteiger partial charge in [-0.05, 0) is 6.42 Å². The second-order valence-corrected chi connectivity index (χ2v) is 6.28. The summed E-state index contributed by atoms with van der Waals surface area (Å²) in [5.41, 5.74) is 0. The highest BCUT2D eigenvalue weighted by atomic mass is 32.1. The van der Waals surface area contributed by atoms with Gasteiger partial charge < -0.3 is 14.8 Å². The number of morpholine rings is 1. The summed E-state index contributed by atoms with van der Waals surface area (Å²) in [5.74, 6) is 1.27. The maximum absolute atomic E-state index is 5.48. The van der Waals surface area contributed by atoms with E-state index in [0.29, 0.717) is 12.0 Å². The van der Waals surface area contributed by atoms with Gasteiger partial charge in [-0.2, -0.15) is 9.61 Å². The van der Waals surface area contributed by atoms with Crippen LogP contribution in [0.3, 0.4) is 0 Å². The molecule has 2 aromatic heterocycles. The number of aromatic nitrogens is 4. The van der Waals surface area contributed by atoms with Crippen molar-refractivity contribution in [1.82, 2.24) is 25.1 Å². The predicted octanol–water partition coefficient (Wildman–Crippen LogP) is 0.221. The molecule has 0 aromatic carbocycles. The Hall–Kier alpha value is -1.09. The van der Waals surface area contributed by atoms with Crippen molar-refractivity contribution in [3.8, 4) is 0 Å². The van der Waals surface area contributed by atoms with Crippen LogP contribution < -0.4 is 5.32 Å². The Morgan fingerprint density at radius 2 is 2.20 bits per heavy atom. The van der Waals surface area contributed by atoms with E-state index in [2.05, 4.69) is 20.6 Å². The molecule has 2 unspecified atom stereocenters. The highest BCUT2D eigenvalue weighted by Crippen LogP contribution is 2.25. The van der Waals surface area contributed by atoms with E-state index in [1.807, 2.05) is 4.52 Å². The molecule has 20 heavy (non-hydrogen) atoms. The Kier molecular flexibility index (Phi) is 3.39. The van der Waals surface area contributed by atoms with Crippen LogP contribution in [0.15, 0.2) is 0 Å². The van der Waals surface area contributed by atoms with Gasteiger partial charge in [-0.15, -0.1) is 10.2 Å². The number of rotatable bonds is 3. The van der Waals surface area contributed by atoms with Crippen molar-refractivity contribution < 1.29 is 9.47 Å². The van der Waals surface area contributed by atoms with Crippen molar-refractivity contribution in [2.45, 2.75) is 24.8 Å². The third-order valence-corrected chi connectivity index (χ3v) is 4.69. The maximum atomic E-state index is 5.48. The van der Waals surface area contributed by atoms with Crippen molar-refractivity contribution in [3.05, 3.63) is 10.8 Å². The molecule has 4 rings (SSSR count). The molecule has 0 saturated carbocycles. The standard InChI is InChI=1S/C12H17N5O2S/c1-3-18-6-8(1)11-14-15-12-17(11)16-10(20-12)5-9-7-19-4-2-13-9/h8-9,13H,1-7H2. The monoisotopic (exact) mass is 295 g/mol. The molecule has 2 saturated heterocycles. The quantitative estimate of drug-likeness (QED) is 0.873. The number of fused-ring (bicyclic) bond motifs is 1. The molecule has 2 aliphatic rings. The number of ether oxygens (including phenoxy) is 2. The van der Waals surface area contributed by atoms with Crippen LogP contribution in [0.5, 0.6) is 0 Å². The first-order chi connectivity index (χ1) is 9.90. The lowest BCUT2D eigenvalue weighted by molar-refractivity contribution is 0.0769. The van der Waals surface area contributed by atoms with E-state index in [1.165, 1.54) is 0 Å². The van der Waals surface area contributed by atoms with E-state index in [4.69, 9.17) is 9.47 Å². The molecule has 0 radical (unpaired) electrons. The van der Waals surface area contributed by atoms with Crippen molar-refractivity contribution in [1.29, 1.82) is 0 Å². The van der Waals surface area contributed by atoms with E-state index >= 15 is 0 Å². The summed E-state index contributed by atoms with van der Waals surface area (Å²) >= 11 is 1.61. The molecule has 8 heteroatoms. The van der Waals surface area contributed by atoms with Crippen LogP contribution in [0.2, 0.25) is 0 Å². The van der Waals surface area contributed by atoms with E-state index in [1.54, 1.807) is 11.3 Å². The summed E-state index contributed by atoms with van der Waals surface area (Å²) < 4.78 is 12.8. The molecule has 4 heterocycles. The summed E-state index contributed by atoms with van der Waals surface area (Å²) in [5, 5.41) is 17.7. The summed E-state index contributed by atoms with van der Waals surface area (Å²) in [7, 11) is 0. The lowest BCUT2D eigenvalue weighted by atomic mass is 10.1. The molecule has 1 N–H and O–H groups in total. The third kappa shape index (κ3) is 2.32. The molecule has 0 bridgehead atoms. The second-order valence-electron chi connectivity index (χ2n) is 5.24. The second kappa shape index (κ2) is 5.36. The number of hydrogen-bond acceptors (Lipinski definition) is 7. The van der Waals surface area contributed by atoms with Gasteiger partial charge in [0.25, 0.3) is 0 Å². The molecule has 7 nitrogen and oxygen atoms in total. The lowest BCUT2D eigenvalue weighted by Gasteiger charge is -2.22. The summed E-state index contributed by atoms with van der Waals surface area (Å²) in [6, 6.07) is 0.353. The van der Waals surface area contributed by atoms with Gasteiger partial charge in [0, 0.05) is 31.5 Å². The topological polar surface area (TPSA) is 73.6 Å². The SMILES string of the molecule is C1COCC(Cc2nn3c(C4CCOC4)nnc3s2)N1. The lowest BCUT2D eigenvalue weighted by Crippen LogP contribution is -2.42. The summed E-state index contributed by atoms with van der Waals surface area (Å²) in [6.07, 6.45) is 1.89. The van der Waals surface area contributed by atoms with Gasteiger partial charge in [-0.3, -0.25) is 0 Å². The Bertz CT molecular complexity index is 586. The predicted molar refractivity (Wildman–Crippen MR) is 73.1 cm³/mol. The van der Waals surface area contributed by atoms with Gasteiger partial charge in [-0.1, -0.05) is 11.3 Å². The fourth-order valence-electron chi connectivity index (χ4n) is 2.71. The minimum Gasteiger partial charge on any atom is -0.381 e. The van der Waals surface area contributed by atoms with Crippen molar-refractivity contribution in [2.24, 2.45) is 0 Å². The molecule has 0 spiro atoms. The first kappa shape index (κ1) is 12.6. The Balaban J connectivity index is 1.55. The summed E-state index contributed by atoms with van der Waals surface area (Å²) in [4.78, 5) is 0.874. The van der Waals surface area contributed by atoms with Crippen LogP contribution in [0.1, 0.15) is 23.2 Å². The number of nitrogens with zero attached hydrogens (tertiary/aromatic N) is 4. The first-order valence-electron chi connectivity index (χ1n) is 7.00. The molecule has 2 aromatic rings. The Morgan fingerprint density at radius 3 is 3.00 bits per heavy atom. The third-order valence-electron chi connectivity index (χ3n) is 3.77. The molecule has 108 valence electrons. The minimum absolute atomic E-state index is 0.330. The number of hydrogen-bond donors (Lipinski definition) is 1. The average Bonchev–Trinajstić information content (AvgIpc) is 3.15. The van der Waals surface area contributed by atoms with Gasteiger partial charge in [0.1, 0.15) is 5.01 Å². The van der Waals surface area contributed by atoms with Gasteiger partial charge in [-0.25, -0.2) is 0 Å². The normalized spacial score (nSPS) is 27.4. The highest BCUT2D eigenvalue weighted by Gasteiger charge is 2.25. The average molecular weight is 295 g/mol. The van der Waals surface area contributed by atoms with Crippen molar-refractivity contribution in [3.63, 3.8) is 0 Å². The maximum Gasteiger partial charge on any atom is 0.234 e. The molecule has 2 aliphatic heterocycles. The van der Waals surface area contributed by atoms with Gasteiger partial charge in [0.05, 0.1) is 19.8 Å². The first-order valence-corrected chi connectivity index (χ1v) is 7.81. The van der Waals surface area contributed by atoms with Crippen molar-refractivity contribution in [2.75, 3.05) is 33.0 Å². The fraction of sp³-hybridized carbons (Fsp3) is 0.750. The van der Waals surface area contributed by atoms with Crippen LogP contribution in [-0.4, -0.2) is 58.8 Å². The zero-order valence-corrected chi connectivity index (χ0v) is 11.9. The molecule has 2 fully saturated rings. The molecular formula is C12H17N5O2S. The molecule has 0 amide bonds. The van der Waals surface area contributed by atoms with E-state index in [0.717, 1.165) is 61.6 Å². The molecular weight excluding hydrogens is 278 g/mol. The minimum atomic E-state index is 0.330. The van der Waals surface area contributed by atoms with E-state index in [9.17, 15) is 0 Å². The van der Waals surface area contributed by atoms with Crippen LogP contribution in [0.25, 0.3) is 4.96 Å². The van der Waals surface area contributed by atoms with E-state index in [-0.39, 0.29) is 0 Å². The summed E-state index contributed by atoms with van der Waals surface area (Å²) in [6.45, 7) is 4.00. The van der Waals surface area contributed by atoms with Crippen LogP contribution >= 0.6 is 11.3 Å². The molecule has 0 aliphatic carbocycles.